The summed E-state index contributed by atoms with van der Waals surface area (Å²) in [6.07, 6.45) is 6.31. The van der Waals surface area contributed by atoms with Gasteiger partial charge in [-0.1, -0.05) is 6.07 Å². The summed E-state index contributed by atoms with van der Waals surface area (Å²) in [4.78, 5) is 4.28. The maximum Gasteiger partial charge on any atom is 0.0541 e. The summed E-state index contributed by atoms with van der Waals surface area (Å²) >= 11 is 0. The number of hydrogen-bond donors (Lipinski definition) is 2. The normalized spacial score (nSPS) is 17.3. The lowest BCUT2D eigenvalue weighted by Crippen LogP contribution is -2.51. The third-order valence-corrected chi connectivity index (χ3v) is 3.27. The van der Waals surface area contributed by atoms with Gasteiger partial charge < -0.3 is 10.4 Å². The van der Waals surface area contributed by atoms with Crippen LogP contribution in [0.1, 0.15) is 31.4 Å². The molecule has 16 heavy (non-hydrogen) atoms. The van der Waals surface area contributed by atoms with E-state index in [2.05, 4.69) is 10.3 Å². The fraction of sp³-hybridized carbons (Fsp3) is 0.583. The number of rotatable bonds is 5. The number of hydrogen-bond acceptors (Lipinski definition) is 3. The van der Waals surface area contributed by atoms with Gasteiger partial charge in [-0.2, -0.15) is 0 Å². The van der Waals surface area contributed by atoms with Gasteiger partial charge in [0.15, 0.2) is 0 Å². The Kier molecular flexibility index (Phi) is 5.19. The highest BCUT2D eigenvalue weighted by molar-refractivity contribution is 5.85. The third kappa shape index (κ3) is 3.17. The highest BCUT2D eigenvalue weighted by Crippen LogP contribution is 2.34. The van der Waals surface area contributed by atoms with Gasteiger partial charge in [-0.3, -0.25) is 4.98 Å². The van der Waals surface area contributed by atoms with Gasteiger partial charge in [-0.15, -0.1) is 12.4 Å². The SMILES string of the molecule is Cl.OCCC1(NCc2ccccn2)CCC1. The lowest BCUT2D eigenvalue weighted by atomic mass is 9.74. The van der Waals surface area contributed by atoms with Crippen LogP contribution < -0.4 is 5.32 Å². The van der Waals surface area contributed by atoms with Crippen molar-refractivity contribution in [3.63, 3.8) is 0 Å². The second kappa shape index (κ2) is 6.18. The number of nitrogens with zero attached hydrogens (tertiary/aromatic N) is 1. The van der Waals surface area contributed by atoms with Gasteiger partial charge in [0.2, 0.25) is 0 Å². The second-order valence-corrected chi connectivity index (χ2v) is 4.28. The van der Waals surface area contributed by atoms with Crippen molar-refractivity contribution >= 4 is 12.4 Å². The number of aliphatic hydroxyl groups is 1. The average Bonchev–Trinajstić information content (AvgIpc) is 2.23. The van der Waals surface area contributed by atoms with E-state index in [0.29, 0.717) is 0 Å². The Bertz CT molecular complexity index is 301. The van der Waals surface area contributed by atoms with E-state index in [-0.39, 0.29) is 24.6 Å². The van der Waals surface area contributed by atoms with E-state index in [1.54, 1.807) is 0 Å². The molecule has 0 aromatic carbocycles. The summed E-state index contributed by atoms with van der Waals surface area (Å²) < 4.78 is 0. The summed E-state index contributed by atoms with van der Waals surface area (Å²) in [7, 11) is 0. The van der Waals surface area contributed by atoms with E-state index in [4.69, 9.17) is 5.11 Å². The van der Waals surface area contributed by atoms with Crippen molar-refractivity contribution in [1.29, 1.82) is 0 Å². The molecule has 3 nitrogen and oxygen atoms in total. The van der Waals surface area contributed by atoms with Crippen LogP contribution in [0.15, 0.2) is 24.4 Å². The van der Waals surface area contributed by atoms with Gasteiger partial charge in [-0.05, 0) is 37.8 Å². The van der Waals surface area contributed by atoms with Crippen molar-refractivity contribution in [3.8, 4) is 0 Å². The molecule has 2 rings (SSSR count). The fourth-order valence-corrected chi connectivity index (χ4v) is 2.11. The maximum atomic E-state index is 9.01. The first-order chi connectivity index (χ1) is 7.35. The van der Waals surface area contributed by atoms with Crippen molar-refractivity contribution in [2.24, 2.45) is 0 Å². The van der Waals surface area contributed by atoms with Gasteiger partial charge in [-0.25, -0.2) is 0 Å². The van der Waals surface area contributed by atoms with Crippen LogP contribution in [0.25, 0.3) is 0 Å². The Hall–Kier alpha value is -0.640. The minimum atomic E-state index is 0. The molecule has 0 bridgehead atoms. The molecule has 0 spiro atoms. The molecule has 0 saturated heterocycles. The highest BCUT2D eigenvalue weighted by Gasteiger charge is 2.35. The molecule has 1 saturated carbocycles. The zero-order valence-electron chi connectivity index (χ0n) is 9.35. The Morgan fingerprint density at radius 3 is 2.69 bits per heavy atom. The molecule has 1 fully saturated rings. The molecule has 4 heteroatoms. The van der Waals surface area contributed by atoms with Crippen molar-refractivity contribution in [2.45, 2.75) is 37.8 Å². The molecule has 0 aliphatic heterocycles. The summed E-state index contributed by atoms with van der Waals surface area (Å²) in [5.74, 6) is 0. The van der Waals surface area contributed by atoms with Crippen LogP contribution >= 0.6 is 12.4 Å². The summed E-state index contributed by atoms with van der Waals surface area (Å²) in [5, 5.41) is 12.5. The molecular weight excluding hydrogens is 224 g/mol. The predicted octanol–water partition coefficient (Wildman–Crippen LogP) is 1.90. The molecule has 0 unspecified atom stereocenters. The Labute approximate surface area is 103 Å². The van der Waals surface area contributed by atoms with Gasteiger partial charge in [0.1, 0.15) is 0 Å². The van der Waals surface area contributed by atoms with Crippen LogP contribution in [0.5, 0.6) is 0 Å². The summed E-state index contributed by atoms with van der Waals surface area (Å²) in [5.41, 5.74) is 1.26. The smallest absolute Gasteiger partial charge is 0.0541 e. The van der Waals surface area contributed by atoms with E-state index in [0.717, 1.165) is 18.7 Å². The monoisotopic (exact) mass is 242 g/mol. The van der Waals surface area contributed by atoms with Crippen LogP contribution in [0.3, 0.4) is 0 Å². The van der Waals surface area contributed by atoms with Crippen LogP contribution in [0.2, 0.25) is 0 Å². The first-order valence-corrected chi connectivity index (χ1v) is 5.60. The van der Waals surface area contributed by atoms with Gasteiger partial charge >= 0.3 is 0 Å². The number of halogens is 1. The summed E-state index contributed by atoms with van der Waals surface area (Å²) in [6, 6.07) is 5.96. The quantitative estimate of drug-likeness (QED) is 0.829. The minimum absolute atomic E-state index is 0. The number of aromatic nitrogens is 1. The number of nitrogens with one attached hydrogen (secondary N) is 1. The Morgan fingerprint density at radius 2 is 2.19 bits per heavy atom. The zero-order chi connectivity index (χ0) is 10.6. The first-order valence-electron chi connectivity index (χ1n) is 5.60. The third-order valence-electron chi connectivity index (χ3n) is 3.27. The van der Waals surface area contributed by atoms with Crippen LogP contribution in [0, 0.1) is 0 Å². The van der Waals surface area contributed by atoms with Crippen molar-refractivity contribution < 1.29 is 5.11 Å². The van der Waals surface area contributed by atoms with E-state index < -0.39 is 0 Å². The molecule has 1 aromatic heterocycles. The van der Waals surface area contributed by atoms with Crippen molar-refractivity contribution in [1.82, 2.24) is 10.3 Å². The van der Waals surface area contributed by atoms with Gasteiger partial charge in [0.25, 0.3) is 0 Å². The topological polar surface area (TPSA) is 45.1 Å². The number of pyridine rings is 1. The van der Waals surface area contributed by atoms with E-state index in [1.807, 2.05) is 24.4 Å². The molecule has 1 heterocycles. The van der Waals surface area contributed by atoms with Crippen LogP contribution in [0.4, 0.5) is 0 Å². The summed E-state index contributed by atoms with van der Waals surface area (Å²) in [6.45, 7) is 1.08. The molecule has 2 N–H and O–H groups in total. The largest absolute Gasteiger partial charge is 0.396 e. The van der Waals surface area contributed by atoms with E-state index >= 15 is 0 Å². The predicted molar refractivity (Wildman–Crippen MR) is 66.6 cm³/mol. The molecule has 0 radical (unpaired) electrons. The molecular formula is C12H19ClN2O. The maximum absolute atomic E-state index is 9.01. The van der Waals surface area contributed by atoms with Crippen molar-refractivity contribution in [3.05, 3.63) is 30.1 Å². The number of aliphatic hydroxyl groups excluding tert-OH is 1. The molecule has 1 aliphatic carbocycles. The lowest BCUT2D eigenvalue weighted by Gasteiger charge is -2.42. The van der Waals surface area contributed by atoms with E-state index in [9.17, 15) is 0 Å². The van der Waals surface area contributed by atoms with Gasteiger partial charge in [0, 0.05) is 24.9 Å². The van der Waals surface area contributed by atoms with Crippen molar-refractivity contribution in [2.75, 3.05) is 6.61 Å². The zero-order valence-corrected chi connectivity index (χ0v) is 10.2. The minimum Gasteiger partial charge on any atom is -0.396 e. The van der Waals surface area contributed by atoms with E-state index in [1.165, 1.54) is 19.3 Å². The first kappa shape index (κ1) is 13.4. The second-order valence-electron chi connectivity index (χ2n) is 4.28. The molecule has 1 aromatic rings. The Balaban J connectivity index is 0.00000128. The molecule has 0 atom stereocenters. The standard InChI is InChI=1S/C12H18N2O.ClH/c15-9-7-12(5-3-6-12)14-10-11-4-1-2-8-13-11;/h1-2,4,8,14-15H,3,5-7,9-10H2;1H. The average molecular weight is 243 g/mol. The molecule has 1 aliphatic rings. The highest BCUT2D eigenvalue weighted by atomic mass is 35.5. The van der Waals surface area contributed by atoms with Crippen LogP contribution in [-0.2, 0) is 6.54 Å². The molecule has 90 valence electrons. The fourth-order valence-electron chi connectivity index (χ4n) is 2.11. The lowest BCUT2D eigenvalue weighted by molar-refractivity contribution is 0.129. The van der Waals surface area contributed by atoms with Gasteiger partial charge in [0.05, 0.1) is 5.69 Å². The molecule has 0 amide bonds. The van der Waals surface area contributed by atoms with Crippen LogP contribution in [-0.4, -0.2) is 22.2 Å². The Morgan fingerprint density at radius 1 is 1.38 bits per heavy atom.